The van der Waals surface area contributed by atoms with Gasteiger partial charge in [0, 0.05) is 12.2 Å². The Bertz CT molecular complexity index is 323. The minimum atomic E-state index is -0.891. The molecule has 0 atom stereocenters. The quantitative estimate of drug-likeness (QED) is 0.801. The van der Waals surface area contributed by atoms with Crippen LogP contribution in [-0.2, 0) is 0 Å². The lowest BCUT2D eigenvalue weighted by Crippen LogP contribution is -2.29. The third-order valence-electron chi connectivity index (χ3n) is 1.99. The number of aryl methyl sites for hydroxylation is 1. The largest absolute Gasteiger partial charge is 0.465 e. The lowest BCUT2D eigenvalue weighted by molar-refractivity contribution is 0.202. The van der Waals surface area contributed by atoms with Crippen LogP contribution in [0.3, 0.4) is 0 Å². The van der Waals surface area contributed by atoms with Crippen LogP contribution in [0.1, 0.15) is 18.9 Å². The fourth-order valence-electron chi connectivity index (χ4n) is 1.35. The topological polar surface area (TPSA) is 40.5 Å². The molecule has 0 fully saturated rings. The SMILES string of the molecule is CCCN(C(=O)O)c1cccc(C)c1. The molecule has 0 heterocycles. The van der Waals surface area contributed by atoms with Gasteiger partial charge in [-0.15, -0.1) is 0 Å². The average Bonchev–Trinajstić information content (AvgIpc) is 2.13. The molecule has 1 amide bonds. The van der Waals surface area contributed by atoms with Crippen LogP contribution in [0.15, 0.2) is 24.3 Å². The molecule has 0 aliphatic carbocycles. The highest BCUT2D eigenvalue weighted by Crippen LogP contribution is 2.16. The number of amides is 1. The molecule has 0 spiro atoms. The van der Waals surface area contributed by atoms with Crippen LogP contribution in [0.5, 0.6) is 0 Å². The maximum absolute atomic E-state index is 10.9. The van der Waals surface area contributed by atoms with Crippen molar-refractivity contribution >= 4 is 11.8 Å². The van der Waals surface area contributed by atoms with Gasteiger partial charge in [0.1, 0.15) is 0 Å². The molecule has 0 aliphatic heterocycles. The lowest BCUT2D eigenvalue weighted by Gasteiger charge is -2.18. The van der Waals surface area contributed by atoms with Gasteiger partial charge in [-0.25, -0.2) is 4.79 Å². The second kappa shape index (κ2) is 4.65. The number of rotatable bonds is 3. The van der Waals surface area contributed by atoms with Gasteiger partial charge in [0.15, 0.2) is 0 Å². The first-order valence-electron chi connectivity index (χ1n) is 4.72. The summed E-state index contributed by atoms with van der Waals surface area (Å²) in [7, 11) is 0. The Balaban J connectivity index is 2.93. The Labute approximate surface area is 84.0 Å². The van der Waals surface area contributed by atoms with Crippen molar-refractivity contribution in [3.63, 3.8) is 0 Å². The number of hydrogen-bond acceptors (Lipinski definition) is 1. The summed E-state index contributed by atoms with van der Waals surface area (Å²) >= 11 is 0. The van der Waals surface area contributed by atoms with E-state index in [9.17, 15) is 4.79 Å². The monoisotopic (exact) mass is 193 g/mol. The van der Waals surface area contributed by atoms with Crippen LogP contribution >= 0.6 is 0 Å². The van der Waals surface area contributed by atoms with Gasteiger partial charge in [-0.3, -0.25) is 4.90 Å². The summed E-state index contributed by atoms with van der Waals surface area (Å²) in [5, 5.41) is 8.97. The van der Waals surface area contributed by atoms with Crippen molar-refractivity contribution in [2.45, 2.75) is 20.3 Å². The fraction of sp³-hybridized carbons (Fsp3) is 0.364. The molecule has 1 rings (SSSR count). The van der Waals surface area contributed by atoms with Crippen LogP contribution in [-0.4, -0.2) is 17.7 Å². The number of nitrogens with zero attached hydrogens (tertiary/aromatic N) is 1. The predicted molar refractivity (Wildman–Crippen MR) is 56.8 cm³/mol. The molecule has 3 heteroatoms. The molecule has 3 nitrogen and oxygen atoms in total. The van der Waals surface area contributed by atoms with Gasteiger partial charge in [-0.1, -0.05) is 19.1 Å². The molecule has 0 aromatic heterocycles. The summed E-state index contributed by atoms with van der Waals surface area (Å²) in [4.78, 5) is 12.3. The van der Waals surface area contributed by atoms with Crippen molar-refractivity contribution < 1.29 is 9.90 Å². The second-order valence-corrected chi connectivity index (χ2v) is 3.27. The zero-order valence-electron chi connectivity index (χ0n) is 8.53. The molecule has 0 bridgehead atoms. The van der Waals surface area contributed by atoms with Crippen molar-refractivity contribution in [1.29, 1.82) is 0 Å². The van der Waals surface area contributed by atoms with Gasteiger partial charge in [0.2, 0.25) is 0 Å². The van der Waals surface area contributed by atoms with E-state index in [1.807, 2.05) is 38.1 Å². The Kier molecular flexibility index (Phi) is 3.51. The Hall–Kier alpha value is -1.51. The van der Waals surface area contributed by atoms with Crippen molar-refractivity contribution in [1.82, 2.24) is 0 Å². The van der Waals surface area contributed by atoms with Gasteiger partial charge < -0.3 is 5.11 Å². The highest BCUT2D eigenvalue weighted by atomic mass is 16.4. The van der Waals surface area contributed by atoms with E-state index in [-0.39, 0.29) is 0 Å². The van der Waals surface area contributed by atoms with Gasteiger partial charge in [0.05, 0.1) is 0 Å². The normalized spacial score (nSPS) is 9.86. The molecule has 14 heavy (non-hydrogen) atoms. The minimum Gasteiger partial charge on any atom is -0.465 e. The Morgan fingerprint density at radius 1 is 1.50 bits per heavy atom. The number of benzene rings is 1. The fourth-order valence-corrected chi connectivity index (χ4v) is 1.35. The van der Waals surface area contributed by atoms with E-state index in [4.69, 9.17) is 5.11 Å². The number of anilines is 1. The first-order valence-corrected chi connectivity index (χ1v) is 4.72. The lowest BCUT2D eigenvalue weighted by atomic mass is 10.2. The predicted octanol–water partition coefficient (Wildman–Crippen LogP) is 2.89. The van der Waals surface area contributed by atoms with E-state index in [0.717, 1.165) is 17.7 Å². The van der Waals surface area contributed by atoms with Crippen molar-refractivity contribution in [2.24, 2.45) is 0 Å². The van der Waals surface area contributed by atoms with Crippen LogP contribution < -0.4 is 4.90 Å². The summed E-state index contributed by atoms with van der Waals surface area (Å²) in [6.45, 7) is 4.46. The summed E-state index contributed by atoms with van der Waals surface area (Å²) in [5.74, 6) is 0. The van der Waals surface area contributed by atoms with Crippen LogP contribution in [0.2, 0.25) is 0 Å². The highest BCUT2D eigenvalue weighted by Gasteiger charge is 2.12. The second-order valence-electron chi connectivity index (χ2n) is 3.27. The molecule has 1 aromatic carbocycles. The van der Waals surface area contributed by atoms with Gasteiger partial charge in [-0.2, -0.15) is 0 Å². The van der Waals surface area contributed by atoms with Gasteiger partial charge >= 0.3 is 6.09 Å². The van der Waals surface area contributed by atoms with Crippen molar-refractivity contribution in [2.75, 3.05) is 11.4 Å². The molecule has 0 aliphatic rings. The Morgan fingerprint density at radius 3 is 2.71 bits per heavy atom. The van der Waals surface area contributed by atoms with E-state index in [1.165, 1.54) is 4.90 Å². The smallest absolute Gasteiger partial charge is 0.411 e. The van der Waals surface area contributed by atoms with E-state index < -0.39 is 6.09 Å². The standard InChI is InChI=1S/C11H15NO2/c1-3-7-12(11(13)14)10-6-4-5-9(2)8-10/h4-6,8H,3,7H2,1-2H3,(H,13,14). The molecule has 0 saturated carbocycles. The zero-order chi connectivity index (χ0) is 10.6. The van der Waals surface area contributed by atoms with E-state index >= 15 is 0 Å². The van der Waals surface area contributed by atoms with Crippen LogP contribution in [0, 0.1) is 6.92 Å². The third-order valence-corrected chi connectivity index (χ3v) is 1.99. The van der Waals surface area contributed by atoms with E-state index in [1.54, 1.807) is 0 Å². The summed E-state index contributed by atoms with van der Waals surface area (Å²) in [5.41, 5.74) is 1.82. The summed E-state index contributed by atoms with van der Waals surface area (Å²) in [6.07, 6.45) is -0.0716. The van der Waals surface area contributed by atoms with E-state index in [2.05, 4.69) is 0 Å². The maximum Gasteiger partial charge on any atom is 0.411 e. The van der Waals surface area contributed by atoms with Crippen molar-refractivity contribution in [3.05, 3.63) is 29.8 Å². The van der Waals surface area contributed by atoms with E-state index in [0.29, 0.717) is 6.54 Å². The molecule has 1 aromatic rings. The molecule has 0 radical (unpaired) electrons. The Morgan fingerprint density at radius 2 is 2.21 bits per heavy atom. The first-order chi connectivity index (χ1) is 6.65. The highest BCUT2D eigenvalue weighted by molar-refractivity contribution is 5.86. The molecule has 1 N–H and O–H groups in total. The number of hydrogen-bond donors (Lipinski definition) is 1. The third kappa shape index (κ3) is 2.49. The number of carboxylic acid groups (broad SMARTS) is 1. The minimum absolute atomic E-state index is 0.540. The first kappa shape index (κ1) is 10.6. The van der Waals surface area contributed by atoms with Gasteiger partial charge in [0.25, 0.3) is 0 Å². The molecular weight excluding hydrogens is 178 g/mol. The average molecular weight is 193 g/mol. The zero-order valence-corrected chi connectivity index (χ0v) is 8.53. The van der Waals surface area contributed by atoms with Crippen LogP contribution in [0.25, 0.3) is 0 Å². The maximum atomic E-state index is 10.9. The number of carbonyl (C=O) groups is 1. The van der Waals surface area contributed by atoms with Crippen LogP contribution in [0.4, 0.5) is 10.5 Å². The van der Waals surface area contributed by atoms with Gasteiger partial charge in [-0.05, 0) is 31.0 Å². The molecule has 0 saturated heterocycles. The van der Waals surface area contributed by atoms with Crippen molar-refractivity contribution in [3.8, 4) is 0 Å². The summed E-state index contributed by atoms with van der Waals surface area (Å²) < 4.78 is 0. The molecule has 76 valence electrons. The summed E-state index contributed by atoms with van der Waals surface area (Å²) in [6, 6.07) is 7.52. The molecular formula is C11H15NO2. The molecule has 0 unspecified atom stereocenters.